The van der Waals surface area contributed by atoms with E-state index in [2.05, 4.69) is 6.07 Å². The third-order valence-electron chi connectivity index (χ3n) is 4.50. The Morgan fingerprint density at radius 1 is 1.15 bits per heavy atom. The number of benzene rings is 1. The number of rotatable bonds is 6. The van der Waals surface area contributed by atoms with Crippen LogP contribution in [0.15, 0.2) is 24.3 Å². The number of nitriles is 1. The van der Waals surface area contributed by atoms with Crippen LogP contribution in [-0.4, -0.2) is 42.4 Å². The molecule has 0 saturated heterocycles. The van der Waals surface area contributed by atoms with Crippen LogP contribution >= 0.6 is 0 Å². The number of hydrogen-bond donors (Lipinski definition) is 0. The third-order valence-corrected chi connectivity index (χ3v) is 4.50. The fourth-order valence-electron chi connectivity index (χ4n) is 3.16. The first kappa shape index (κ1) is 18.5. The summed E-state index contributed by atoms with van der Waals surface area (Å²) in [5.41, 5.74) is 4.45. The van der Waals surface area contributed by atoms with E-state index in [9.17, 15) is 0 Å². The van der Waals surface area contributed by atoms with Gasteiger partial charge in [0.1, 0.15) is 5.82 Å². The number of fused-ring (bicyclic) bond motifs is 1. The average Bonchev–Trinajstić information content (AvgIpc) is 3.00. The topological polar surface area (TPSA) is 75.7 Å². The maximum Gasteiger partial charge on any atom is 0.165 e. The highest BCUT2D eigenvalue weighted by molar-refractivity contribution is 5.82. The van der Waals surface area contributed by atoms with Gasteiger partial charge >= 0.3 is 0 Å². The van der Waals surface area contributed by atoms with Crippen LogP contribution in [0.3, 0.4) is 0 Å². The number of anilines is 1. The number of hydrogen-bond acceptors (Lipinski definition) is 6. The van der Waals surface area contributed by atoms with Crippen LogP contribution < -0.4 is 14.4 Å². The van der Waals surface area contributed by atoms with Gasteiger partial charge in [0.2, 0.25) is 0 Å². The zero-order chi connectivity index (χ0) is 19.6. The zero-order valence-corrected chi connectivity index (χ0v) is 16.3. The number of methoxy groups -OCH3 is 2. The van der Waals surface area contributed by atoms with Crippen molar-refractivity contribution in [1.82, 2.24) is 14.6 Å². The Bertz CT molecular complexity index is 1020. The Hall–Kier alpha value is -3.27. The first-order valence-electron chi connectivity index (χ1n) is 8.67. The molecule has 0 aliphatic carbocycles. The summed E-state index contributed by atoms with van der Waals surface area (Å²) in [4.78, 5) is 6.75. The van der Waals surface area contributed by atoms with Gasteiger partial charge in [0, 0.05) is 30.9 Å². The first-order chi connectivity index (χ1) is 13.0. The normalized spacial score (nSPS) is 10.7. The second kappa shape index (κ2) is 7.54. The number of nitrogens with zero attached hydrogens (tertiary/aromatic N) is 5. The molecule has 0 aliphatic heterocycles. The molecule has 0 unspecified atom stereocenters. The Balaban J connectivity index is 2.19. The fourth-order valence-corrected chi connectivity index (χ4v) is 3.16. The van der Waals surface area contributed by atoms with E-state index in [4.69, 9.17) is 24.8 Å². The minimum Gasteiger partial charge on any atom is -0.493 e. The van der Waals surface area contributed by atoms with E-state index < -0.39 is 0 Å². The molecule has 2 aromatic heterocycles. The van der Waals surface area contributed by atoms with Gasteiger partial charge in [-0.25, -0.2) is 4.98 Å². The van der Waals surface area contributed by atoms with Crippen LogP contribution in [0, 0.1) is 25.2 Å². The van der Waals surface area contributed by atoms with E-state index >= 15 is 0 Å². The van der Waals surface area contributed by atoms with Gasteiger partial charge in [0.15, 0.2) is 17.1 Å². The molecule has 3 rings (SSSR count). The molecule has 7 heteroatoms. The van der Waals surface area contributed by atoms with Crippen molar-refractivity contribution in [2.24, 2.45) is 0 Å². The maximum atomic E-state index is 8.89. The molecule has 0 radical (unpaired) electrons. The summed E-state index contributed by atoms with van der Waals surface area (Å²) in [6.45, 7) is 4.55. The van der Waals surface area contributed by atoms with Crippen LogP contribution in [0.25, 0.3) is 16.8 Å². The standard InChI is InChI=1S/C20H23N5O2/c1-13-11-18(24(3)10-6-9-21)25-20(22-13)19(14(2)23-25)15-7-8-16(26-4)17(12-15)27-5/h7-8,11-12H,6,10H2,1-5H3. The highest BCUT2D eigenvalue weighted by Crippen LogP contribution is 2.36. The van der Waals surface area contributed by atoms with Gasteiger partial charge in [-0.05, 0) is 31.5 Å². The second-order valence-electron chi connectivity index (χ2n) is 6.35. The van der Waals surface area contributed by atoms with Crippen molar-refractivity contribution in [2.75, 3.05) is 32.7 Å². The molecule has 0 amide bonds. The van der Waals surface area contributed by atoms with Gasteiger partial charge in [0.25, 0.3) is 0 Å². The van der Waals surface area contributed by atoms with Crippen molar-refractivity contribution in [1.29, 1.82) is 5.26 Å². The lowest BCUT2D eigenvalue weighted by molar-refractivity contribution is 0.355. The molecule has 0 fully saturated rings. The minimum atomic E-state index is 0.447. The zero-order valence-electron chi connectivity index (χ0n) is 16.3. The van der Waals surface area contributed by atoms with Crippen molar-refractivity contribution < 1.29 is 9.47 Å². The molecular weight excluding hydrogens is 342 g/mol. The van der Waals surface area contributed by atoms with E-state index in [1.807, 2.05) is 54.6 Å². The number of aryl methyl sites for hydroxylation is 2. The van der Waals surface area contributed by atoms with E-state index in [1.165, 1.54) is 0 Å². The van der Waals surface area contributed by atoms with E-state index in [0.29, 0.717) is 24.5 Å². The largest absolute Gasteiger partial charge is 0.493 e. The summed E-state index contributed by atoms with van der Waals surface area (Å²) in [6, 6.07) is 9.96. The summed E-state index contributed by atoms with van der Waals surface area (Å²) in [6.07, 6.45) is 0.447. The molecule has 3 aromatic rings. The van der Waals surface area contributed by atoms with Crippen molar-refractivity contribution in [3.05, 3.63) is 35.7 Å². The quantitative estimate of drug-likeness (QED) is 0.666. The van der Waals surface area contributed by atoms with Crippen molar-refractivity contribution in [3.8, 4) is 28.7 Å². The first-order valence-corrected chi connectivity index (χ1v) is 8.67. The molecule has 1 aromatic carbocycles. The lowest BCUT2D eigenvalue weighted by atomic mass is 10.1. The smallest absolute Gasteiger partial charge is 0.165 e. The molecule has 7 nitrogen and oxygen atoms in total. The summed E-state index contributed by atoms with van der Waals surface area (Å²) in [5, 5.41) is 13.6. The Labute approximate surface area is 158 Å². The van der Waals surface area contributed by atoms with Gasteiger partial charge in [0.05, 0.1) is 32.4 Å². The maximum absolute atomic E-state index is 8.89. The Kier molecular flexibility index (Phi) is 5.17. The van der Waals surface area contributed by atoms with Crippen LogP contribution in [0.2, 0.25) is 0 Å². The molecule has 2 heterocycles. The van der Waals surface area contributed by atoms with Gasteiger partial charge < -0.3 is 14.4 Å². The lowest BCUT2D eigenvalue weighted by Gasteiger charge is -2.19. The van der Waals surface area contributed by atoms with E-state index in [-0.39, 0.29) is 0 Å². The molecular formula is C20H23N5O2. The van der Waals surface area contributed by atoms with E-state index in [1.54, 1.807) is 14.2 Å². The van der Waals surface area contributed by atoms with Gasteiger partial charge in [-0.15, -0.1) is 0 Å². The van der Waals surface area contributed by atoms with Crippen molar-refractivity contribution in [2.45, 2.75) is 20.3 Å². The highest BCUT2D eigenvalue weighted by atomic mass is 16.5. The van der Waals surface area contributed by atoms with Crippen LogP contribution in [0.1, 0.15) is 17.8 Å². The number of ether oxygens (including phenoxy) is 2. The van der Waals surface area contributed by atoms with Crippen molar-refractivity contribution in [3.63, 3.8) is 0 Å². The molecule has 27 heavy (non-hydrogen) atoms. The predicted molar refractivity (Wildman–Crippen MR) is 105 cm³/mol. The monoisotopic (exact) mass is 365 g/mol. The van der Waals surface area contributed by atoms with Gasteiger partial charge in [-0.2, -0.15) is 14.9 Å². The SMILES string of the molecule is COc1ccc(-c2c(C)nn3c(N(C)CCC#N)cc(C)nc23)cc1OC. The summed E-state index contributed by atoms with van der Waals surface area (Å²) in [7, 11) is 5.19. The molecule has 0 aliphatic rings. The average molecular weight is 365 g/mol. The third kappa shape index (κ3) is 3.38. The molecule has 0 saturated carbocycles. The predicted octanol–water partition coefficient (Wildman–Crippen LogP) is 3.38. The van der Waals surface area contributed by atoms with Gasteiger partial charge in [-0.3, -0.25) is 0 Å². The molecule has 0 N–H and O–H groups in total. The Morgan fingerprint density at radius 2 is 1.89 bits per heavy atom. The molecule has 0 spiro atoms. The molecule has 0 atom stereocenters. The summed E-state index contributed by atoms with van der Waals surface area (Å²) >= 11 is 0. The van der Waals surface area contributed by atoms with Crippen LogP contribution in [0.5, 0.6) is 11.5 Å². The fraction of sp³-hybridized carbons (Fsp3) is 0.350. The van der Waals surface area contributed by atoms with Crippen LogP contribution in [0.4, 0.5) is 5.82 Å². The number of aromatic nitrogens is 3. The molecule has 0 bridgehead atoms. The molecule has 140 valence electrons. The summed E-state index contributed by atoms with van der Waals surface area (Å²) in [5.74, 6) is 2.24. The van der Waals surface area contributed by atoms with E-state index in [0.717, 1.165) is 34.0 Å². The summed E-state index contributed by atoms with van der Waals surface area (Å²) < 4.78 is 12.6. The second-order valence-corrected chi connectivity index (χ2v) is 6.35. The van der Waals surface area contributed by atoms with Crippen molar-refractivity contribution >= 4 is 11.5 Å². The van der Waals surface area contributed by atoms with Crippen LogP contribution in [-0.2, 0) is 0 Å². The Morgan fingerprint density at radius 3 is 2.56 bits per heavy atom. The highest BCUT2D eigenvalue weighted by Gasteiger charge is 2.19. The lowest BCUT2D eigenvalue weighted by Crippen LogP contribution is -2.21. The minimum absolute atomic E-state index is 0.447. The van der Waals surface area contributed by atoms with Gasteiger partial charge in [-0.1, -0.05) is 6.07 Å².